The molecule has 0 N–H and O–H groups in total. The fraction of sp³-hybridized carbons (Fsp3) is 0.333. The molecule has 0 saturated carbocycles. The van der Waals surface area contributed by atoms with E-state index in [1.807, 2.05) is 39.0 Å². The number of rotatable bonds is 4. The van der Waals surface area contributed by atoms with Crippen LogP contribution in [-0.2, 0) is 0 Å². The molecule has 0 aliphatic heterocycles. The van der Waals surface area contributed by atoms with Crippen LogP contribution in [0.2, 0.25) is 0 Å². The summed E-state index contributed by atoms with van der Waals surface area (Å²) in [5.41, 5.74) is 3.84. The Morgan fingerprint density at radius 3 is 2.50 bits per heavy atom. The summed E-state index contributed by atoms with van der Waals surface area (Å²) in [4.78, 5) is 0. The summed E-state index contributed by atoms with van der Waals surface area (Å²) in [7, 11) is 0. The van der Waals surface area contributed by atoms with E-state index in [9.17, 15) is 0 Å². The second-order valence-electron chi connectivity index (χ2n) is 3.87. The zero-order chi connectivity index (χ0) is 13.8. The summed E-state index contributed by atoms with van der Waals surface area (Å²) in [6.45, 7) is 11.9. The summed E-state index contributed by atoms with van der Waals surface area (Å²) in [5, 5.41) is 0. The number of hydrogen-bond donors (Lipinski definition) is 0. The van der Waals surface area contributed by atoms with Crippen LogP contribution in [0.4, 0.5) is 0 Å². The van der Waals surface area contributed by atoms with Crippen LogP contribution in [0.25, 0.3) is 0 Å². The summed E-state index contributed by atoms with van der Waals surface area (Å²) in [6, 6.07) is 0. The van der Waals surface area contributed by atoms with E-state index in [0.29, 0.717) is 0 Å². The van der Waals surface area contributed by atoms with Crippen LogP contribution in [0.15, 0.2) is 71.9 Å². The highest BCUT2D eigenvalue weighted by atomic mass is 14.0. The molecule has 0 amide bonds. The van der Waals surface area contributed by atoms with Crippen LogP contribution in [0.5, 0.6) is 0 Å². The molecule has 0 aromatic carbocycles. The SMILES string of the molecule is C=C/C=C(\C=C/C)/C=C(\C)C1=CCCC=C1.CC. The van der Waals surface area contributed by atoms with E-state index in [-0.39, 0.29) is 0 Å². The van der Waals surface area contributed by atoms with Crippen molar-refractivity contribution in [3.63, 3.8) is 0 Å². The lowest BCUT2D eigenvalue weighted by molar-refractivity contribution is 1.02. The predicted molar refractivity (Wildman–Crippen MR) is 84.7 cm³/mol. The Morgan fingerprint density at radius 2 is 2.00 bits per heavy atom. The van der Waals surface area contributed by atoms with Crippen molar-refractivity contribution in [2.75, 3.05) is 0 Å². The van der Waals surface area contributed by atoms with Gasteiger partial charge in [0.15, 0.2) is 0 Å². The first-order valence-corrected chi connectivity index (χ1v) is 6.78. The van der Waals surface area contributed by atoms with E-state index < -0.39 is 0 Å². The third-order valence-corrected chi connectivity index (χ3v) is 2.50. The minimum atomic E-state index is 1.15. The van der Waals surface area contributed by atoms with Crippen molar-refractivity contribution < 1.29 is 0 Å². The maximum atomic E-state index is 3.73. The Kier molecular flexibility index (Phi) is 9.67. The lowest BCUT2D eigenvalue weighted by Gasteiger charge is -2.07. The highest BCUT2D eigenvalue weighted by Gasteiger charge is 1.99. The lowest BCUT2D eigenvalue weighted by atomic mass is 9.98. The molecule has 0 heterocycles. The lowest BCUT2D eigenvalue weighted by Crippen LogP contribution is -1.87. The Bertz CT molecular complexity index is 384. The van der Waals surface area contributed by atoms with Crippen LogP contribution in [0.1, 0.15) is 40.5 Å². The van der Waals surface area contributed by atoms with E-state index in [4.69, 9.17) is 0 Å². The number of allylic oxidation sites excluding steroid dienone is 11. The first-order chi connectivity index (χ1) is 8.77. The van der Waals surface area contributed by atoms with Gasteiger partial charge in [0.25, 0.3) is 0 Å². The molecule has 0 spiro atoms. The van der Waals surface area contributed by atoms with Gasteiger partial charge in [0, 0.05) is 0 Å². The van der Waals surface area contributed by atoms with Gasteiger partial charge in [-0.25, -0.2) is 0 Å². The van der Waals surface area contributed by atoms with Gasteiger partial charge in [-0.05, 0) is 43.4 Å². The van der Waals surface area contributed by atoms with E-state index in [0.717, 1.165) is 6.42 Å². The molecule has 98 valence electrons. The van der Waals surface area contributed by atoms with Crippen LogP contribution in [0, 0.1) is 0 Å². The van der Waals surface area contributed by atoms with Crippen molar-refractivity contribution >= 4 is 0 Å². The number of hydrogen-bond acceptors (Lipinski definition) is 0. The normalized spacial score (nSPS) is 16.1. The van der Waals surface area contributed by atoms with Gasteiger partial charge in [0.05, 0.1) is 0 Å². The largest absolute Gasteiger partial charge is 0.0990 e. The molecular weight excluding hydrogens is 216 g/mol. The van der Waals surface area contributed by atoms with E-state index >= 15 is 0 Å². The highest BCUT2D eigenvalue weighted by molar-refractivity contribution is 5.46. The smallest absolute Gasteiger partial charge is 0.0257 e. The van der Waals surface area contributed by atoms with Gasteiger partial charge in [0.1, 0.15) is 0 Å². The Balaban J connectivity index is 0.00000137. The van der Waals surface area contributed by atoms with Crippen molar-refractivity contribution in [2.24, 2.45) is 0 Å². The van der Waals surface area contributed by atoms with Crippen LogP contribution < -0.4 is 0 Å². The first kappa shape index (κ1) is 16.4. The minimum Gasteiger partial charge on any atom is -0.0990 e. The maximum absolute atomic E-state index is 3.73. The van der Waals surface area contributed by atoms with Crippen LogP contribution >= 0.6 is 0 Å². The van der Waals surface area contributed by atoms with Gasteiger partial charge < -0.3 is 0 Å². The molecule has 0 atom stereocenters. The molecule has 0 radical (unpaired) electrons. The van der Waals surface area contributed by atoms with Crippen molar-refractivity contribution in [3.8, 4) is 0 Å². The van der Waals surface area contributed by atoms with Crippen molar-refractivity contribution in [3.05, 3.63) is 71.9 Å². The minimum absolute atomic E-state index is 1.15. The van der Waals surface area contributed by atoms with E-state index in [2.05, 4.69) is 43.9 Å². The standard InChI is InChI=1S/C16H20.C2H6/c1-4-9-15(10-5-2)13-14(3)16-11-7-6-8-12-16;1-2/h4-5,7,9-13H,1,6,8H2,2-3H3;1-2H3/b10-5-,14-13+,15-9+;. The molecule has 0 heteroatoms. The third-order valence-electron chi connectivity index (χ3n) is 2.50. The second kappa shape index (κ2) is 10.6. The molecule has 0 aromatic rings. The van der Waals surface area contributed by atoms with Crippen molar-refractivity contribution in [2.45, 2.75) is 40.5 Å². The monoisotopic (exact) mass is 242 g/mol. The van der Waals surface area contributed by atoms with E-state index in [1.165, 1.54) is 23.1 Å². The average Bonchev–Trinajstić information content (AvgIpc) is 2.42. The van der Waals surface area contributed by atoms with Crippen LogP contribution in [-0.4, -0.2) is 0 Å². The maximum Gasteiger partial charge on any atom is -0.0257 e. The zero-order valence-electron chi connectivity index (χ0n) is 12.2. The molecule has 0 saturated heterocycles. The van der Waals surface area contributed by atoms with Crippen LogP contribution in [0.3, 0.4) is 0 Å². The molecule has 0 fully saturated rings. The van der Waals surface area contributed by atoms with Gasteiger partial charge in [0.2, 0.25) is 0 Å². The quantitative estimate of drug-likeness (QED) is 0.536. The highest BCUT2D eigenvalue weighted by Crippen LogP contribution is 2.19. The van der Waals surface area contributed by atoms with Crippen molar-refractivity contribution in [1.29, 1.82) is 0 Å². The molecule has 0 bridgehead atoms. The second-order valence-corrected chi connectivity index (χ2v) is 3.87. The summed E-state index contributed by atoms with van der Waals surface area (Å²) >= 11 is 0. The molecule has 0 aromatic heterocycles. The summed E-state index contributed by atoms with van der Waals surface area (Å²) in [5.74, 6) is 0. The van der Waals surface area contributed by atoms with Gasteiger partial charge in [-0.2, -0.15) is 0 Å². The Labute approximate surface area is 113 Å². The topological polar surface area (TPSA) is 0 Å². The molecule has 18 heavy (non-hydrogen) atoms. The molecule has 1 aliphatic rings. The fourth-order valence-electron chi connectivity index (χ4n) is 1.72. The molecule has 1 rings (SSSR count). The third kappa shape index (κ3) is 6.24. The summed E-state index contributed by atoms with van der Waals surface area (Å²) < 4.78 is 0. The Morgan fingerprint density at radius 1 is 1.28 bits per heavy atom. The predicted octanol–water partition coefficient (Wildman–Crippen LogP) is 5.92. The zero-order valence-corrected chi connectivity index (χ0v) is 12.2. The van der Waals surface area contributed by atoms with Gasteiger partial charge in [-0.15, -0.1) is 0 Å². The molecule has 0 unspecified atom stereocenters. The van der Waals surface area contributed by atoms with Gasteiger partial charge in [-0.3, -0.25) is 0 Å². The van der Waals surface area contributed by atoms with Crippen molar-refractivity contribution in [1.82, 2.24) is 0 Å². The van der Waals surface area contributed by atoms with E-state index in [1.54, 1.807) is 0 Å². The molecule has 0 nitrogen and oxygen atoms in total. The fourth-order valence-corrected chi connectivity index (χ4v) is 1.72. The Hall–Kier alpha value is -1.56. The average molecular weight is 242 g/mol. The van der Waals surface area contributed by atoms with Gasteiger partial charge >= 0.3 is 0 Å². The first-order valence-electron chi connectivity index (χ1n) is 6.78. The summed E-state index contributed by atoms with van der Waals surface area (Å²) in [6.07, 6.45) is 19.2. The molecular formula is C18H26. The van der Waals surface area contributed by atoms with Gasteiger partial charge in [-0.1, -0.05) is 69.0 Å². The molecule has 1 aliphatic carbocycles.